The first-order valence-corrected chi connectivity index (χ1v) is 5.24. The third-order valence-corrected chi connectivity index (χ3v) is 2.38. The van der Waals surface area contributed by atoms with Gasteiger partial charge in [-0.1, -0.05) is 38.1 Å². The molecule has 15 heavy (non-hydrogen) atoms. The molecule has 0 aliphatic rings. The highest BCUT2D eigenvalue weighted by Gasteiger charge is 2.21. The van der Waals surface area contributed by atoms with Crippen LogP contribution in [0.5, 0.6) is 0 Å². The van der Waals surface area contributed by atoms with Gasteiger partial charge in [-0.15, -0.1) is 0 Å². The van der Waals surface area contributed by atoms with Gasteiger partial charge in [0, 0.05) is 0 Å². The normalized spacial score (nSPS) is 15.0. The van der Waals surface area contributed by atoms with E-state index in [-0.39, 0.29) is 0 Å². The molecule has 0 aliphatic carbocycles. The van der Waals surface area contributed by atoms with Gasteiger partial charge in [-0.2, -0.15) is 0 Å². The average molecular weight is 206 g/mol. The molecular weight excluding hydrogens is 188 g/mol. The van der Waals surface area contributed by atoms with E-state index in [1.54, 1.807) is 6.07 Å². The first kappa shape index (κ1) is 11.9. The van der Waals surface area contributed by atoms with Crippen LogP contribution in [0.3, 0.4) is 0 Å². The maximum Gasteiger partial charge on any atom is 0.155 e. The second-order valence-corrected chi connectivity index (χ2v) is 4.56. The van der Waals surface area contributed by atoms with E-state index in [0.717, 1.165) is 12.0 Å². The van der Waals surface area contributed by atoms with Gasteiger partial charge in [0.1, 0.15) is 5.60 Å². The van der Waals surface area contributed by atoms with Gasteiger partial charge < -0.3 is 5.11 Å². The van der Waals surface area contributed by atoms with Crippen molar-refractivity contribution in [1.29, 1.82) is 0 Å². The Bertz CT molecular complexity index is 340. The van der Waals surface area contributed by atoms with Gasteiger partial charge in [-0.05, 0) is 30.4 Å². The number of benzene rings is 1. The van der Waals surface area contributed by atoms with Crippen LogP contribution in [0.4, 0.5) is 0 Å². The van der Waals surface area contributed by atoms with Crippen LogP contribution >= 0.6 is 0 Å². The maximum atomic E-state index is 10.7. The molecule has 0 radical (unpaired) electrons. The van der Waals surface area contributed by atoms with E-state index in [1.165, 1.54) is 6.92 Å². The van der Waals surface area contributed by atoms with Crippen molar-refractivity contribution < 1.29 is 9.90 Å². The lowest BCUT2D eigenvalue weighted by Gasteiger charge is -2.17. The Labute approximate surface area is 90.9 Å². The highest BCUT2D eigenvalue weighted by molar-refractivity contribution is 5.65. The molecule has 1 aromatic rings. The minimum atomic E-state index is -1.37. The monoisotopic (exact) mass is 206 g/mol. The van der Waals surface area contributed by atoms with Gasteiger partial charge in [0.15, 0.2) is 6.29 Å². The third kappa shape index (κ3) is 3.17. The van der Waals surface area contributed by atoms with Crippen molar-refractivity contribution in [1.82, 2.24) is 0 Å². The summed E-state index contributed by atoms with van der Waals surface area (Å²) in [6.07, 6.45) is 1.53. The van der Waals surface area contributed by atoms with E-state index >= 15 is 0 Å². The fourth-order valence-electron chi connectivity index (χ4n) is 1.55. The Kier molecular flexibility index (Phi) is 3.64. The number of carbonyl (C=O) groups is 1. The first-order chi connectivity index (χ1) is 6.95. The van der Waals surface area contributed by atoms with Crippen LogP contribution in [0.15, 0.2) is 24.3 Å². The van der Waals surface area contributed by atoms with E-state index in [4.69, 9.17) is 0 Å². The maximum absolute atomic E-state index is 10.7. The molecule has 2 nitrogen and oxygen atoms in total. The molecule has 1 aromatic carbocycles. The molecule has 1 N–H and O–H groups in total. The number of carbonyl (C=O) groups excluding carboxylic acids is 1. The van der Waals surface area contributed by atoms with E-state index in [2.05, 4.69) is 13.8 Å². The van der Waals surface area contributed by atoms with Crippen LogP contribution in [0.2, 0.25) is 0 Å². The molecule has 1 unspecified atom stereocenters. The molecule has 0 spiro atoms. The highest BCUT2D eigenvalue weighted by Crippen LogP contribution is 2.20. The quantitative estimate of drug-likeness (QED) is 0.767. The molecule has 0 saturated heterocycles. The van der Waals surface area contributed by atoms with Crippen molar-refractivity contribution in [3.05, 3.63) is 35.4 Å². The molecule has 0 fully saturated rings. The molecule has 0 bridgehead atoms. The average Bonchev–Trinajstić information content (AvgIpc) is 2.17. The summed E-state index contributed by atoms with van der Waals surface area (Å²) in [4.78, 5) is 10.7. The van der Waals surface area contributed by atoms with Crippen molar-refractivity contribution in [2.24, 2.45) is 5.92 Å². The van der Waals surface area contributed by atoms with E-state index in [0.29, 0.717) is 17.8 Å². The summed E-state index contributed by atoms with van der Waals surface area (Å²) in [7, 11) is 0. The summed E-state index contributed by atoms with van der Waals surface area (Å²) >= 11 is 0. The topological polar surface area (TPSA) is 37.3 Å². The van der Waals surface area contributed by atoms with Crippen LogP contribution in [-0.2, 0) is 16.8 Å². The van der Waals surface area contributed by atoms with Gasteiger partial charge in [-0.25, -0.2) is 0 Å². The SMILES string of the molecule is CC(C)Cc1cccc(C(C)(O)C=O)c1. The predicted molar refractivity (Wildman–Crippen MR) is 60.6 cm³/mol. The Morgan fingerprint density at radius 3 is 2.67 bits per heavy atom. The zero-order valence-electron chi connectivity index (χ0n) is 9.53. The summed E-state index contributed by atoms with van der Waals surface area (Å²) in [5.74, 6) is 0.571. The standard InChI is InChI=1S/C13H18O2/c1-10(2)7-11-5-4-6-12(8-11)13(3,15)9-14/h4-6,8-10,15H,7H2,1-3H3. The summed E-state index contributed by atoms with van der Waals surface area (Å²) in [6, 6.07) is 7.57. The van der Waals surface area contributed by atoms with Crippen LogP contribution in [0, 0.1) is 5.92 Å². The largest absolute Gasteiger partial charge is 0.378 e. The third-order valence-electron chi connectivity index (χ3n) is 2.38. The minimum Gasteiger partial charge on any atom is -0.378 e. The Morgan fingerprint density at radius 2 is 2.13 bits per heavy atom. The molecule has 0 heterocycles. The number of rotatable bonds is 4. The second-order valence-electron chi connectivity index (χ2n) is 4.56. The van der Waals surface area contributed by atoms with E-state index < -0.39 is 5.60 Å². The molecule has 0 saturated carbocycles. The summed E-state index contributed by atoms with van der Waals surface area (Å²) in [5, 5.41) is 9.79. The first-order valence-electron chi connectivity index (χ1n) is 5.24. The zero-order chi connectivity index (χ0) is 11.5. The van der Waals surface area contributed by atoms with Crippen molar-refractivity contribution in [3.8, 4) is 0 Å². The Morgan fingerprint density at radius 1 is 1.47 bits per heavy atom. The zero-order valence-corrected chi connectivity index (χ0v) is 9.53. The minimum absolute atomic E-state index is 0.571. The van der Waals surface area contributed by atoms with Crippen molar-refractivity contribution in [2.75, 3.05) is 0 Å². The number of aldehydes is 1. The predicted octanol–water partition coefficient (Wildman–Crippen LogP) is 2.29. The molecule has 2 heteroatoms. The van der Waals surface area contributed by atoms with Gasteiger partial charge in [0.2, 0.25) is 0 Å². The lowest BCUT2D eigenvalue weighted by Crippen LogP contribution is -2.22. The van der Waals surface area contributed by atoms with Gasteiger partial charge in [-0.3, -0.25) is 4.79 Å². The van der Waals surface area contributed by atoms with Gasteiger partial charge >= 0.3 is 0 Å². The fraction of sp³-hybridized carbons (Fsp3) is 0.462. The molecule has 0 amide bonds. The van der Waals surface area contributed by atoms with Gasteiger partial charge in [0.25, 0.3) is 0 Å². The summed E-state index contributed by atoms with van der Waals surface area (Å²) in [5.41, 5.74) is 0.452. The smallest absolute Gasteiger partial charge is 0.155 e. The second kappa shape index (κ2) is 4.58. The van der Waals surface area contributed by atoms with Gasteiger partial charge in [0.05, 0.1) is 0 Å². The van der Waals surface area contributed by atoms with Crippen LogP contribution < -0.4 is 0 Å². The lowest BCUT2D eigenvalue weighted by molar-refractivity contribution is -0.123. The number of aliphatic hydroxyl groups is 1. The van der Waals surface area contributed by atoms with Crippen LogP contribution in [-0.4, -0.2) is 11.4 Å². The van der Waals surface area contributed by atoms with Crippen LogP contribution in [0.25, 0.3) is 0 Å². The Balaban J connectivity index is 2.97. The highest BCUT2D eigenvalue weighted by atomic mass is 16.3. The molecule has 1 rings (SSSR count). The Hall–Kier alpha value is -1.15. The number of hydrogen-bond acceptors (Lipinski definition) is 2. The molecule has 1 atom stereocenters. The van der Waals surface area contributed by atoms with E-state index in [9.17, 15) is 9.90 Å². The summed E-state index contributed by atoms with van der Waals surface area (Å²) < 4.78 is 0. The lowest BCUT2D eigenvalue weighted by atomic mass is 9.93. The van der Waals surface area contributed by atoms with Crippen molar-refractivity contribution in [2.45, 2.75) is 32.8 Å². The van der Waals surface area contributed by atoms with Crippen molar-refractivity contribution >= 4 is 6.29 Å². The fourth-order valence-corrected chi connectivity index (χ4v) is 1.55. The van der Waals surface area contributed by atoms with Crippen molar-refractivity contribution in [3.63, 3.8) is 0 Å². The molecule has 0 aliphatic heterocycles. The van der Waals surface area contributed by atoms with E-state index in [1.807, 2.05) is 18.2 Å². The van der Waals surface area contributed by atoms with Crippen LogP contribution in [0.1, 0.15) is 31.9 Å². The molecular formula is C13H18O2. The molecule has 82 valence electrons. The molecule has 0 aromatic heterocycles. The number of hydrogen-bond donors (Lipinski definition) is 1. The summed E-state index contributed by atoms with van der Waals surface area (Å²) in [6.45, 7) is 5.80.